The number of Topliss-reactive ketones (excluding diaryl/α,β-unsaturated/α-hetero) is 1. The van der Waals surface area contributed by atoms with E-state index >= 15 is 0 Å². The summed E-state index contributed by atoms with van der Waals surface area (Å²) in [5.41, 5.74) is -0.869. The number of nitrogens with one attached hydrogen (secondary N) is 3. The van der Waals surface area contributed by atoms with Crippen molar-refractivity contribution in [2.75, 3.05) is 33.0 Å². The average Bonchev–Trinajstić information content (AvgIpc) is 2.49. The van der Waals surface area contributed by atoms with Crippen molar-refractivity contribution in [1.82, 2.24) is 16.0 Å². The topological polar surface area (TPSA) is 132 Å². The summed E-state index contributed by atoms with van der Waals surface area (Å²) in [5, 5.41) is 6.85. The standard InChI is InChI=1S/C17H31N3O7/c1-16(2,3)12(21)9-25-10-13(22)19-11-20-15(24)27-14(23)18-7-8-26-17(4,5)6/h7-11H2,1-6H3,(H,18,23)(H,19,22)(H,20,24). The van der Waals surface area contributed by atoms with Crippen LogP contribution in [0.1, 0.15) is 41.5 Å². The van der Waals surface area contributed by atoms with Crippen LogP contribution in [0.5, 0.6) is 0 Å². The molecule has 27 heavy (non-hydrogen) atoms. The highest BCUT2D eigenvalue weighted by molar-refractivity contribution is 5.85. The Morgan fingerprint density at radius 2 is 1.41 bits per heavy atom. The molecule has 0 aromatic heterocycles. The first-order chi connectivity index (χ1) is 12.3. The number of carbonyl (C=O) groups excluding carboxylic acids is 4. The maximum atomic E-state index is 11.6. The van der Waals surface area contributed by atoms with E-state index in [1.54, 1.807) is 20.8 Å². The van der Waals surface area contributed by atoms with E-state index in [1.807, 2.05) is 20.8 Å². The van der Waals surface area contributed by atoms with E-state index in [2.05, 4.69) is 20.7 Å². The summed E-state index contributed by atoms with van der Waals surface area (Å²) in [5.74, 6) is -0.656. The van der Waals surface area contributed by atoms with Crippen LogP contribution in [0.4, 0.5) is 9.59 Å². The van der Waals surface area contributed by atoms with E-state index in [4.69, 9.17) is 9.47 Å². The Kier molecular flexibility index (Phi) is 10.6. The summed E-state index contributed by atoms with van der Waals surface area (Å²) in [4.78, 5) is 45.9. The van der Waals surface area contributed by atoms with Crippen molar-refractivity contribution in [3.63, 3.8) is 0 Å². The van der Waals surface area contributed by atoms with Gasteiger partial charge in [0, 0.05) is 12.0 Å². The lowest BCUT2D eigenvalue weighted by Crippen LogP contribution is -2.41. The molecule has 0 saturated heterocycles. The predicted molar refractivity (Wildman–Crippen MR) is 97.0 cm³/mol. The summed E-state index contributed by atoms with van der Waals surface area (Å²) in [7, 11) is 0. The second-order valence-electron chi connectivity index (χ2n) is 7.68. The fraction of sp³-hybridized carbons (Fsp3) is 0.765. The minimum atomic E-state index is -1.02. The molecule has 10 heteroatoms. The molecule has 0 radical (unpaired) electrons. The van der Waals surface area contributed by atoms with Gasteiger partial charge >= 0.3 is 12.2 Å². The maximum Gasteiger partial charge on any atom is 0.417 e. The van der Waals surface area contributed by atoms with Crippen LogP contribution in [-0.4, -0.2) is 62.5 Å². The number of ether oxygens (including phenoxy) is 3. The van der Waals surface area contributed by atoms with Crippen LogP contribution in [0.25, 0.3) is 0 Å². The van der Waals surface area contributed by atoms with Crippen LogP contribution in [-0.2, 0) is 23.8 Å². The summed E-state index contributed by atoms with van der Waals surface area (Å²) >= 11 is 0. The lowest BCUT2D eigenvalue weighted by Gasteiger charge is -2.19. The van der Waals surface area contributed by atoms with Gasteiger partial charge in [0.2, 0.25) is 5.91 Å². The zero-order valence-electron chi connectivity index (χ0n) is 16.9. The van der Waals surface area contributed by atoms with Crippen LogP contribution < -0.4 is 16.0 Å². The van der Waals surface area contributed by atoms with Gasteiger partial charge in [-0.15, -0.1) is 0 Å². The van der Waals surface area contributed by atoms with Gasteiger partial charge in [0.1, 0.15) is 13.2 Å². The molecule has 0 bridgehead atoms. The molecule has 0 aromatic rings. The average molecular weight is 389 g/mol. The van der Waals surface area contributed by atoms with E-state index in [9.17, 15) is 19.2 Å². The Labute approximate surface area is 159 Å². The summed E-state index contributed by atoms with van der Waals surface area (Å²) < 4.78 is 14.8. The number of amides is 3. The molecule has 0 aliphatic rings. The molecule has 0 aliphatic carbocycles. The van der Waals surface area contributed by atoms with E-state index in [0.717, 1.165) is 0 Å². The first kappa shape index (κ1) is 24.8. The van der Waals surface area contributed by atoms with E-state index < -0.39 is 23.5 Å². The van der Waals surface area contributed by atoms with Crippen molar-refractivity contribution < 1.29 is 33.4 Å². The third kappa shape index (κ3) is 14.6. The molecule has 0 unspecified atom stereocenters. The van der Waals surface area contributed by atoms with Crippen molar-refractivity contribution in [3.05, 3.63) is 0 Å². The molecule has 0 saturated carbocycles. The second-order valence-corrected chi connectivity index (χ2v) is 7.68. The van der Waals surface area contributed by atoms with Gasteiger partial charge in [-0.25, -0.2) is 9.59 Å². The highest BCUT2D eigenvalue weighted by Gasteiger charge is 2.21. The molecule has 0 atom stereocenters. The Hall–Kier alpha value is -2.20. The van der Waals surface area contributed by atoms with E-state index in [-0.39, 0.29) is 44.4 Å². The Morgan fingerprint density at radius 3 is 1.96 bits per heavy atom. The first-order valence-corrected chi connectivity index (χ1v) is 8.56. The lowest BCUT2D eigenvalue weighted by atomic mass is 9.91. The van der Waals surface area contributed by atoms with Crippen molar-refractivity contribution in [2.24, 2.45) is 5.41 Å². The quantitative estimate of drug-likeness (QED) is 0.304. The van der Waals surface area contributed by atoms with Crippen LogP contribution in [0.3, 0.4) is 0 Å². The van der Waals surface area contributed by atoms with Gasteiger partial charge in [-0.3, -0.25) is 9.59 Å². The summed E-state index contributed by atoms with van der Waals surface area (Å²) in [6.45, 7) is 10.6. The SMILES string of the molecule is CC(C)(C)OCCNC(=O)OC(=O)NCNC(=O)COCC(=O)C(C)(C)C. The van der Waals surface area contributed by atoms with Gasteiger partial charge < -0.3 is 30.2 Å². The van der Waals surface area contributed by atoms with Gasteiger partial charge in [0.05, 0.1) is 18.9 Å². The fourth-order valence-corrected chi connectivity index (χ4v) is 1.39. The molecule has 0 aromatic carbocycles. The Balaban J connectivity index is 3.79. The molecule has 0 rings (SSSR count). The van der Waals surface area contributed by atoms with Crippen molar-refractivity contribution in [2.45, 2.75) is 47.1 Å². The van der Waals surface area contributed by atoms with Crippen molar-refractivity contribution >= 4 is 23.9 Å². The molecule has 0 heterocycles. The zero-order valence-corrected chi connectivity index (χ0v) is 16.9. The molecule has 0 aliphatic heterocycles. The predicted octanol–water partition coefficient (Wildman–Crippen LogP) is 0.943. The second kappa shape index (κ2) is 11.5. The minimum Gasteiger partial charge on any atom is -0.374 e. The minimum absolute atomic E-state index is 0.129. The van der Waals surface area contributed by atoms with E-state index in [1.165, 1.54) is 0 Å². The van der Waals surface area contributed by atoms with Gasteiger partial charge in [-0.05, 0) is 20.8 Å². The first-order valence-electron chi connectivity index (χ1n) is 8.56. The van der Waals surface area contributed by atoms with Crippen molar-refractivity contribution in [1.29, 1.82) is 0 Å². The molecule has 156 valence electrons. The van der Waals surface area contributed by atoms with Crippen LogP contribution in [0.15, 0.2) is 0 Å². The highest BCUT2D eigenvalue weighted by atomic mass is 16.6. The van der Waals surface area contributed by atoms with Crippen molar-refractivity contribution in [3.8, 4) is 0 Å². The van der Waals surface area contributed by atoms with Gasteiger partial charge in [0.15, 0.2) is 5.78 Å². The smallest absolute Gasteiger partial charge is 0.374 e. The van der Waals surface area contributed by atoms with Crippen LogP contribution in [0.2, 0.25) is 0 Å². The number of carbonyl (C=O) groups is 4. The summed E-state index contributed by atoms with van der Waals surface area (Å²) in [6.07, 6.45) is -1.95. The molecule has 10 nitrogen and oxygen atoms in total. The van der Waals surface area contributed by atoms with Gasteiger partial charge in [-0.1, -0.05) is 20.8 Å². The molecular formula is C17H31N3O7. The fourth-order valence-electron chi connectivity index (χ4n) is 1.39. The largest absolute Gasteiger partial charge is 0.417 e. The maximum absolute atomic E-state index is 11.6. The number of hydrogen-bond acceptors (Lipinski definition) is 7. The number of ketones is 1. The number of hydrogen-bond donors (Lipinski definition) is 3. The third-order valence-electron chi connectivity index (χ3n) is 2.91. The third-order valence-corrected chi connectivity index (χ3v) is 2.91. The molecule has 0 fully saturated rings. The number of rotatable bonds is 9. The summed E-state index contributed by atoms with van der Waals surface area (Å²) in [6, 6.07) is 0. The number of alkyl carbamates (subject to hydrolysis) is 2. The van der Waals surface area contributed by atoms with Crippen LogP contribution in [0, 0.1) is 5.41 Å². The highest BCUT2D eigenvalue weighted by Crippen LogP contribution is 2.14. The Morgan fingerprint density at radius 1 is 0.815 bits per heavy atom. The van der Waals surface area contributed by atoms with Gasteiger partial charge in [0.25, 0.3) is 0 Å². The zero-order chi connectivity index (χ0) is 21.1. The molecule has 3 amide bonds. The molecular weight excluding hydrogens is 358 g/mol. The molecule has 3 N–H and O–H groups in total. The monoisotopic (exact) mass is 389 g/mol. The van der Waals surface area contributed by atoms with Crippen LogP contribution >= 0.6 is 0 Å². The normalized spacial score (nSPS) is 11.5. The lowest BCUT2D eigenvalue weighted by molar-refractivity contribution is -0.134. The van der Waals surface area contributed by atoms with Gasteiger partial charge in [-0.2, -0.15) is 0 Å². The van der Waals surface area contributed by atoms with E-state index in [0.29, 0.717) is 0 Å². The Bertz CT molecular complexity index is 522. The molecule has 0 spiro atoms.